The second kappa shape index (κ2) is 7.58. The highest BCUT2D eigenvalue weighted by atomic mass is 35.5. The molecule has 0 amide bonds. The number of nitrogens with zero attached hydrogens (tertiary/aromatic N) is 1. The summed E-state index contributed by atoms with van der Waals surface area (Å²) in [4.78, 5) is 11.2. The van der Waals surface area contributed by atoms with E-state index in [0.717, 1.165) is 0 Å². The Hall–Kier alpha value is -1.82. The number of carbonyl (C=O) groups is 1. The average Bonchev–Trinajstić information content (AvgIpc) is 2.39. The molecule has 0 bridgehead atoms. The molecule has 104 valence electrons. The molecule has 0 aromatic heterocycles. The Morgan fingerprint density at radius 3 is 2.74 bits per heavy atom. The molecule has 0 aliphatic heterocycles. The third-order valence-electron chi connectivity index (χ3n) is 1.96. The molecule has 1 rings (SSSR count). The molecule has 0 fully saturated rings. The van der Waals surface area contributed by atoms with E-state index in [4.69, 9.17) is 16.3 Å². The van der Waals surface area contributed by atoms with Gasteiger partial charge in [0.25, 0.3) is 0 Å². The summed E-state index contributed by atoms with van der Waals surface area (Å²) in [6, 6.07) is 4.19. The summed E-state index contributed by atoms with van der Waals surface area (Å²) in [5.74, 6) is -1.13. The molecular weight excluding hydrogens is 275 g/mol. The number of hydrazone groups is 1. The molecule has 0 aliphatic rings. The van der Waals surface area contributed by atoms with Crippen molar-refractivity contribution in [2.45, 2.75) is 13.8 Å². The fourth-order valence-corrected chi connectivity index (χ4v) is 1.29. The van der Waals surface area contributed by atoms with Gasteiger partial charge in [-0.1, -0.05) is 11.6 Å². The molecule has 1 aromatic rings. The molecule has 1 N–H and O–H groups in total. The van der Waals surface area contributed by atoms with Gasteiger partial charge in [-0.05, 0) is 26.0 Å². The van der Waals surface area contributed by atoms with Crippen LogP contribution in [-0.2, 0) is 9.53 Å². The molecular formula is C12H14ClFN2O3. The minimum Gasteiger partial charge on any atom is -0.491 e. The SMILES string of the molecule is CCOC(=O)C(Cl)=NNc1ccc(OCC)c(F)c1. The smallest absolute Gasteiger partial charge is 0.370 e. The fraction of sp³-hybridized carbons (Fsp3) is 0.333. The van der Waals surface area contributed by atoms with E-state index in [1.807, 2.05) is 0 Å². The number of anilines is 1. The van der Waals surface area contributed by atoms with Crippen molar-refractivity contribution < 1.29 is 18.7 Å². The number of esters is 1. The average molecular weight is 289 g/mol. The first-order valence-electron chi connectivity index (χ1n) is 5.67. The minimum absolute atomic E-state index is 0.147. The highest BCUT2D eigenvalue weighted by Crippen LogP contribution is 2.21. The first kappa shape index (κ1) is 15.2. The fourth-order valence-electron chi connectivity index (χ4n) is 1.19. The van der Waals surface area contributed by atoms with E-state index in [9.17, 15) is 9.18 Å². The zero-order valence-corrected chi connectivity index (χ0v) is 11.3. The van der Waals surface area contributed by atoms with E-state index in [1.54, 1.807) is 19.9 Å². The van der Waals surface area contributed by atoms with Crippen LogP contribution >= 0.6 is 11.6 Å². The van der Waals surface area contributed by atoms with Gasteiger partial charge in [-0.15, -0.1) is 0 Å². The molecule has 1 aromatic carbocycles. The van der Waals surface area contributed by atoms with Crippen molar-refractivity contribution in [3.63, 3.8) is 0 Å². The summed E-state index contributed by atoms with van der Waals surface area (Å²) in [6.07, 6.45) is 0. The van der Waals surface area contributed by atoms with E-state index in [1.165, 1.54) is 12.1 Å². The summed E-state index contributed by atoms with van der Waals surface area (Å²) in [5.41, 5.74) is 2.79. The maximum atomic E-state index is 13.5. The Morgan fingerprint density at radius 2 is 2.16 bits per heavy atom. The molecule has 0 heterocycles. The van der Waals surface area contributed by atoms with Gasteiger partial charge in [0.1, 0.15) is 0 Å². The van der Waals surface area contributed by atoms with Crippen molar-refractivity contribution in [2.24, 2.45) is 5.10 Å². The van der Waals surface area contributed by atoms with Gasteiger partial charge in [-0.25, -0.2) is 9.18 Å². The van der Waals surface area contributed by atoms with Crippen LogP contribution in [0.1, 0.15) is 13.8 Å². The molecule has 0 aliphatic carbocycles. The number of benzene rings is 1. The van der Waals surface area contributed by atoms with Gasteiger partial charge in [0.2, 0.25) is 5.17 Å². The largest absolute Gasteiger partial charge is 0.491 e. The van der Waals surface area contributed by atoms with Crippen LogP contribution in [0.15, 0.2) is 23.3 Å². The van der Waals surface area contributed by atoms with Gasteiger partial charge in [0.05, 0.1) is 18.9 Å². The third kappa shape index (κ3) is 4.75. The third-order valence-corrected chi connectivity index (χ3v) is 2.20. The maximum Gasteiger partial charge on any atom is 0.370 e. The van der Waals surface area contributed by atoms with Crippen LogP contribution in [-0.4, -0.2) is 24.4 Å². The highest BCUT2D eigenvalue weighted by molar-refractivity contribution is 6.82. The number of hydrogen-bond donors (Lipinski definition) is 1. The second-order valence-corrected chi connectivity index (χ2v) is 3.67. The maximum absolute atomic E-state index is 13.5. The number of nitrogens with one attached hydrogen (secondary N) is 1. The van der Waals surface area contributed by atoms with Crippen molar-refractivity contribution >= 4 is 28.4 Å². The van der Waals surface area contributed by atoms with Crippen molar-refractivity contribution in [2.75, 3.05) is 18.6 Å². The topological polar surface area (TPSA) is 59.9 Å². The van der Waals surface area contributed by atoms with Crippen LogP contribution in [0.2, 0.25) is 0 Å². The van der Waals surface area contributed by atoms with Crippen molar-refractivity contribution in [1.82, 2.24) is 0 Å². The number of hydrogen-bond acceptors (Lipinski definition) is 5. The lowest BCUT2D eigenvalue weighted by molar-refractivity contribution is -0.134. The van der Waals surface area contributed by atoms with Crippen LogP contribution in [0.5, 0.6) is 5.75 Å². The second-order valence-electron chi connectivity index (χ2n) is 3.31. The summed E-state index contributed by atoms with van der Waals surface area (Å²) in [7, 11) is 0. The van der Waals surface area contributed by atoms with E-state index >= 15 is 0 Å². The Balaban J connectivity index is 2.70. The van der Waals surface area contributed by atoms with Gasteiger partial charge < -0.3 is 9.47 Å². The molecule has 0 saturated heterocycles. The zero-order chi connectivity index (χ0) is 14.3. The standard InChI is InChI=1S/C12H14ClFN2O3/c1-3-18-10-6-5-8(7-9(10)14)15-16-11(13)12(17)19-4-2/h5-7,15H,3-4H2,1-2H3. The van der Waals surface area contributed by atoms with Crippen molar-refractivity contribution in [3.8, 4) is 5.75 Å². The highest BCUT2D eigenvalue weighted by Gasteiger charge is 2.09. The summed E-state index contributed by atoms with van der Waals surface area (Å²) in [5, 5.41) is 3.22. The van der Waals surface area contributed by atoms with Crippen LogP contribution < -0.4 is 10.2 Å². The van der Waals surface area contributed by atoms with Gasteiger partial charge in [0.15, 0.2) is 11.6 Å². The number of ether oxygens (including phenoxy) is 2. The minimum atomic E-state index is -0.747. The van der Waals surface area contributed by atoms with Gasteiger partial charge in [0, 0.05) is 6.07 Å². The van der Waals surface area contributed by atoms with E-state index in [2.05, 4.69) is 15.3 Å². The Kier molecular flexibility index (Phi) is 6.08. The number of rotatable bonds is 6. The first-order chi connectivity index (χ1) is 9.08. The summed E-state index contributed by atoms with van der Waals surface area (Å²) >= 11 is 5.58. The molecule has 7 heteroatoms. The van der Waals surface area contributed by atoms with Crippen LogP contribution in [0.3, 0.4) is 0 Å². The van der Waals surface area contributed by atoms with Gasteiger partial charge in [-0.2, -0.15) is 5.10 Å². The molecule has 0 radical (unpaired) electrons. The van der Waals surface area contributed by atoms with Crippen LogP contribution in [0.4, 0.5) is 10.1 Å². The predicted octanol–water partition coefficient (Wildman–Crippen LogP) is 2.75. The van der Waals surface area contributed by atoms with Crippen LogP contribution in [0, 0.1) is 5.82 Å². The summed E-state index contributed by atoms with van der Waals surface area (Å²) in [6.45, 7) is 3.98. The summed E-state index contributed by atoms with van der Waals surface area (Å²) < 4.78 is 23.2. The van der Waals surface area contributed by atoms with Crippen molar-refractivity contribution in [3.05, 3.63) is 24.0 Å². The molecule has 0 saturated carbocycles. The lowest BCUT2D eigenvalue weighted by atomic mass is 10.3. The van der Waals surface area contributed by atoms with E-state index in [0.29, 0.717) is 12.3 Å². The molecule has 0 spiro atoms. The van der Waals surface area contributed by atoms with Crippen LogP contribution in [0.25, 0.3) is 0 Å². The number of halogens is 2. The quantitative estimate of drug-likeness (QED) is 0.497. The Morgan fingerprint density at radius 1 is 1.42 bits per heavy atom. The lowest BCUT2D eigenvalue weighted by Crippen LogP contribution is -2.13. The lowest BCUT2D eigenvalue weighted by Gasteiger charge is -2.06. The van der Waals surface area contributed by atoms with Gasteiger partial charge in [-0.3, -0.25) is 5.43 Å². The number of carbonyl (C=O) groups excluding carboxylic acids is 1. The molecule has 19 heavy (non-hydrogen) atoms. The molecule has 0 unspecified atom stereocenters. The Labute approximate surface area is 115 Å². The molecule has 5 nitrogen and oxygen atoms in total. The van der Waals surface area contributed by atoms with Gasteiger partial charge >= 0.3 is 5.97 Å². The Bertz CT molecular complexity index is 480. The van der Waals surface area contributed by atoms with E-state index in [-0.39, 0.29) is 17.5 Å². The predicted molar refractivity (Wildman–Crippen MR) is 71.1 cm³/mol. The van der Waals surface area contributed by atoms with Crippen molar-refractivity contribution in [1.29, 1.82) is 0 Å². The normalized spacial score (nSPS) is 11.1. The first-order valence-corrected chi connectivity index (χ1v) is 6.05. The zero-order valence-electron chi connectivity index (χ0n) is 10.6. The molecule has 0 atom stereocenters. The van der Waals surface area contributed by atoms with E-state index < -0.39 is 11.8 Å². The monoisotopic (exact) mass is 288 g/mol.